The first-order valence-electron chi connectivity index (χ1n) is 8.90. The first-order valence-corrected chi connectivity index (χ1v) is 10.9. The van der Waals surface area contributed by atoms with Gasteiger partial charge in [0.1, 0.15) is 11.4 Å². The highest BCUT2D eigenvalue weighted by atomic mass is 35.5. The number of piperidine rings is 1. The maximum atomic E-state index is 12.7. The van der Waals surface area contributed by atoms with Gasteiger partial charge in [0.05, 0.1) is 17.7 Å². The van der Waals surface area contributed by atoms with Crippen LogP contribution in [0.2, 0.25) is 5.02 Å². The predicted molar refractivity (Wildman–Crippen MR) is 104 cm³/mol. The van der Waals surface area contributed by atoms with Crippen LogP contribution in [0.4, 0.5) is 0 Å². The Labute approximate surface area is 163 Å². The highest BCUT2D eigenvalue weighted by Crippen LogP contribution is 2.40. The van der Waals surface area contributed by atoms with Crippen LogP contribution in [0, 0.1) is 0 Å². The summed E-state index contributed by atoms with van der Waals surface area (Å²) in [5.74, 6) is 0.526. The van der Waals surface area contributed by atoms with Crippen molar-refractivity contribution in [2.75, 3.05) is 13.1 Å². The fourth-order valence-electron chi connectivity index (χ4n) is 3.79. The van der Waals surface area contributed by atoms with Crippen molar-refractivity contribution in [3.63, 3.8) is 0 Å². The smallest absolute Gasteiger partial charge is 0.218 e. The van der Waals surface area contributed by atoms with Crippen LogP contribution in [0.1, 0.15) is 35.2 Å². The molecule has 0 unspecified atom stereocenters. The zero-order chi connectivity index (χ0) is 19.1. The molecule has 2 aliphatic rings. The lowest BCUT2D eigenvalue weighted by molar-refractivity contribution is 0.00590. The fraction of sp³-hybridized carbons (Fsp3) is 0.350. The number of hydrogen-bond donors (Lipinski definition) is 0. The third-order valence-corrected chi connectivity index (χ3v) is 7.36. The molecule has 1 saturated heterocycles. The molecule has 0 amide bonds. The first-order chi connectivity index (χ1) is 12.9. The quantitative estimate of drug-likeness (QED) is 0.781. The third kappa shape index (κ3) is 3.74. The van der Waals surface area contributed by atoms with Gasteiger partial charge in [0.15, 0.2) is 5.78 Å². The molecule has 0 bridgehead atoms. The van der Waals surface area contributed by atoms with Gasteiger partial charge in [-0.1, -0.05) is 41.9 Å². The average molecular weight is 406 g/mol. The predicted octanol–water partition coefficient (Wildman–Crippen LogP) is 3.67. The Morgan fingerprint density at radius 2 is 1.78 bits per heavy atom. The summed E-state index contributed by atoms with van der Waals surface area (Å²) in [6, 6.07) is 14.2. The minimum atomic E-state index is -3.40. The summed E-state index contributed by atoms with van der Waals surface area (Å²) in [6.45, 7) is 0.705. The van der Waals surface area contributed by atoms with Gasteiger partial charge in [0, 0.05) is 31.0 Å². The van der Waals surface area contributed by atoms with E-state index >= 15 is 0 Å². The van der Waals surface area contributed by atoms with E-state index in [4.69, 9.17) is 16.3 Å². The summed E-state index contributed by atoms with van der Waals surface area (Å²) < 4.78 is 33.1. The Morgan fingerprint density at radius 1 is 1.07 bits per heavy atom. The van der Waals surface area contributed by atoms with Gasteiger partial charge in [0.2, 0.25) is 10.0 Å². The fourth-order valence-corrected chi connectivity index (χ4v) is 5.50. The monoisotopic (exact) mass is 405 g/mol. The molecule has 7 heteroatoms. The maximum absolute atomic E-state index is 12.7. The molecule has 0 aromatic heterocycles. The molecule has 4 rings (SSSR count). The number of Topliss-reactive ketones (excluding diaryl/α,β-unsaturated/α-hetero) is 1. The molecule has 0 aliphatic carbocycles. The van der Waals surface area contributed by atoms with Crippen molar-refractivity contribution < 1.29 is 17.9 Å². The van der Waals surface area contributed by atoms with Gasteiger partial charge in [-0.25, -0.2) is 12.7 Å². The van der Waals surface area contributed by atoms with Crippen LogP contribution >= 0.6 is 11.6 Å². The summed E-state index contributed by atoms with van der Waals surface area (Å²) in [5.41, 5.74) is 0.649. The van der Waals surface area contributed by atoms with Crippen molar-refractivity contribution >= 4 is 27.4 Å². The Hall–Kier alpha value is -1.89. The van der Waals surface area contributed by atoms with Gasteiger partial charge in [-0.05, 0) is 23.8 Å². The molecule has 27 heavy (non-hydrogen) atoms. The number of carbonyl (C=O) groups excluding carboxylic acids is 1. The molecule has 0 saturated carbocycles. The van der Waals surface area contributed by atoms with E-state index in [1.807, 2.05) is 30.3 Å². The van der Waals surface area contributed by atoms with Gasteiger partial charge in [-0.15, -0.1) is 0 Å². The van der Waals surface area contributed by atoms with Crippen LogP contribution in [0.15, 0.2) is 48.5 Å². The lowest BCUT2D eigenvalue weighted by Gasteiger charge is -2.43. The SMILES string of the molecule is O=C1CC2(CCN(S(=O)(=O)Cc3ccccc3)CC2)Oc2ccc(Cl)cc21. The Kier molecular flexibility index (Phi) is 4.74. The van der Waals surface area contributed by atoms with Crippen LogP contribution in [0.3, 0.4) is 0 Å². The summed E-state index contributed by atoms with van der Waals surface area (Å²) in [6.07, 6.45) is 1.25. The van der Waals surface area contributed by atoms with Gasteiger partial charge in [-0.2, -0.15) is 0 Å². The summed E-state index contributed by atoms with van der Waals surface area (Å²) in [5, 5.41) is 0.503. The molecular formula is C20H20ClNO4S. The molecule has 2 aromatic rings. The zero-order valence-corrected chi connectivity index (χ0v) is 16.3. The van der Waals surface area contributed by atoms with E-state index < -0.39 is 15.6 Å². The van der Waals surface area contributed by atoms with Gasteiger partial charge in [-0.3, -0.25) is 4.79 Å². The van der Waals surface area contributed by atoms with Crippen LogP contribution in [0.25, 0.3) is 0 Å². The highest BCUT2D eigenvalue weighted by molar-refractivity contribution is 7.88. The highest BCUT2D eigenvalue weighted by Gasteiger charge is 2.44. The van der Waals surface area contributed by atoms with Crippen molar-refractivity contribution in [2.24, 2.45) is 0 Å². The Balaban J connectivity index is 1.47. The van der Waals surface area contributed by atoms with Crippen LogP contribution in [-0.2, 0) is 15.8 Å². The second kappa shape index (κ2) is 6.93. The number of benzene rings is 2. The zero-order valence-electron chi connectivity index (χ0n) is 14.7. The molecule has 5 nitrogen and oxygen atoms in total. The van der Waals surface area contributed by atoms with Crippen molar-refractivity contribution in [1.82, 2.24) is 4.31 Å². The van der Waals surface area contributed by atoms with E-state index in [0.717, 1.165) is 5.56 Å². The molecule has 0 atom stereocenters. The van der Waals surface area contributed by atoms with Crippen LogP contribution in [0.5, 0.6) is 5.75 Å². The van der Waals surface area contributed by atoms with Gasteiger partial charge < -0.3 is 4.74 Å². The summed E-state index contributed by atoms with van der Waals surface area (Å²) >= 11 is 5.97. The lowest BCUT2D eigenvalue weighted by Crippen LogP contribution is -2.52. The number of fused-ring (bicyclic) bond motifs is 1. The number of sulfonamides is 1. The van der Waals surface area contributed by atoms with Crippen molar-refractivity contribution in [1.29, 1.82) is 0 Å². The van der Waals surface area contributed by atoms with E-state index in [0.29, 0.717) is 42.3 Å². The molecule has 2 heterocycles. The van der Waals surface area contributed by atoms with Gasteiger partial charge >= 0.3 is 0 Å². The van der Waals surface area contributed by atoms with Crippen molar-refractivity contribution in [2.45, 2.75) is 30.6 Å². The van der Waals surface area contributed by atoms with E-state index in [1.165, 1.54) is 4.31 Å². The van der Waals surface area contributed by atoms with Crippen molar-refractivity contribution in [3.8, 4) is 5.75 Å². The van der Waals surface area contributed by atoms with E-state index in [1.54, 1.807) is 18.2 Å². The summed E-state index contributed by atoms with van der Waals surface area (Å²) in [7, 11) is -3.40. The number of ketones is 1. The number of hydrogen-bond acceptors (Lipinski definition) is 4. The number of halogens is 1. The molecule has 2 aliphatic heterocycles. The molecule has 2 aromatic carbocycles. The minimum Gasteiger partial charge on any atom is -0.486 e. The van der Waals surface area contributed by atoms with Gasteiger partial charge in [0.25, 0.3) is 0 Å². The van der Waals surface area contributed by atoms with E-state index in [-0.39, 0.29) is 18.0 Å². The molecule has 0 N–H and O–H groups in total. The third-order valence-electron chi connectivity index (χ3n) is 5.27. The minimum absolute atomic E-state index is 0.000609. The number of carbonyl (C=O) groups is 1. The topological polar surface area (TPSA) is 63.7 Å². The number of ether oxygens (including phenoxy) is 1. The first kappa shape index (κ1) is 18.5. The molecular weight excluding hydrogens is 386 g/mol. The Bertz CT molecular complexity index is 967. The van der Waals surface area contributed by atoms with Crippen molar-refractivity contribution in [3.05, 3.63) is 64.7 Å². The molecule has 1 spiro atoms. The largest absolute Gasteiger partial charge is 0.486 e. The molecule has 0 radical (unpaired) electrons. The number of rotatable bonds is 3. The lowest BCUT2D eigenvalue weighted by atomic mass is 9.83. The number of nitrogens with zero attached hydrogens (tertiary/aromatic N) is 1. The average Bonchev–Trinajstić information content (AvgIpc) is 2.63. The van der Waals surface area contributed by atoms with E-state index in [9.17, 15) is 13.2 Å². The molecule has 142 valence electrons. The Morgan fingerprint density at radius 3 is 2.48 bits per heavy atom. The second-order valence-electron chi connectivity index (χ2n) is 7.17. The molecule has 1 fully saturated rings. The second-order valence-corrected chi connectivity index (χ2v) is 9.57. The van der Waals surface area contributed by atoms with Crippen LogP contribution < -0.4 is 4.74 Å². The summed E-state index contributed by atoms with van der Waals surface area (Å²) in [4.78, 5) is 12.6. The van der Waals surface area contributed by atoms with Crippen LogP contribution in [-0.4, -0.2) is 37.2 Å². The maximum Gasteiger partial charge on any atom is 0.218 e. The van der Waals surface area contributed by atoms with E-state index in [2.05, 4.69) is 0 Å². The normalized spacial score (nSPS) is 19.5. The standard InChI is InChI=1S/C20H20ClNO4S/c21-16-6-7-19-17(12-16)18(23)13-20(26-19)8-10-22(11-9-20)27(24,25)14-15-4-2-1-3-5-15/h1-7,12H,8-11,13-14H2.